The van der Waals surface area contributed by atoms with Crippen molar-refractivity contribution in [3.63, 3.8) is 0 Å². The minimum atomic E-state index is -4.75. The van der Waals surface area contributed by atoms with E-state index in [1.165, 1.54) is 42.2 Å². The predicted octanol–water partition coefficient (Wildman–Crippen LogP) is 8.06. The second-order valence-corrected chi connectivity index (χ2v) is 8.98. The molecule has 0 bridgehead atoms. The number of benzene rings is 1. The van der Waals surface area contributed by atoms with Crippen LogP contribution >= 0.6 is 0 Å². The summed E-state index contributed by atoms with van der Waals surface area (Å²) < 4.78 is 40.4. The number of carbonyl (C=O) groups excluding carboxylic acids is 1. The highest BCUT2D eigenvalue weighted by Gasteiger charge is 2.31. The molecule has 0 atom stereocenters. The van der Waals surface area contributed by atoms with Crippen LogP contribution in [0.3, 0.4) is 0 Å². The maximum Gasteiger partial charge on any atom is 0.573 e. The molecule has 0 heterocycles. The molecule has 1 aromatic rings. The van der Waals surface area contributed by atoms with Gasteiger partial charge in [0.05, 0.1) is 0 Å². The summed E-state index contributed by atoms with van der Waals surface area (Å²) >= 11 is 0. The van der Waals surface area contributed by atoms with E-state index in [1.54, 1.807) is 6.92 Å². The molecule has 0 fully saturated rings. The van der Waals surface area contributed by atoms with Crippen LogP contribution in [0.25, 0.3) is 0 Å². The fraction of sp³-hybridized carbons (Fsp3) is 0.370. The summed E-state index contributed by atoms with van der Waals surface area (Å²) in [6.45, 7) is 10.6. The van der Waals surface area contributed by atoms with Crippen LogP contribution in [0.1, 0.15) is 53.9 Å². The Balaban J connectivity index is 1.93. The van der Waals surface area contributed by atoms with E-state index in [9.17, 15) is 18.0 Å². The van der Waals surface area contributed by atoms with Crippen molar-refractivity contribution in [2.24, 2.45) is 5.41 Å². The van der Waals surface area contributed by atoms with E-state index < -0.39 is 6.36 Å². The molecule has 0 aromatic heterocycles. The first kappa shape index (κ1) is 26.2. The molecule has 0 aliphatic heterocycles. The molecule has 33 heavy (non-hydrogen) atoms. The number of allylic oxidation sites excluding steroid dienone is 9. The highest BCUT2D eigenvalue weighted by Crippen LogP contribution is 2.40. The van der Waals surface area contributed by atoms with Crippen molar-refractivity contribution in [3.8, 4) is 5.75 Å². The van der Waals surface area contributed by atoms with Gasteiger partial charge in [-0.15, -0.1) is 13.2 Å². The summed E-state index contributed by atoms with van der Waals surface area (Å²) in [6, 6.07) is 4.99. The third-order valence-electron chi connectivity index (χ3n) is 5.49. The number of rotatable bonds is 7. The van der Waals surface area contributed by atoms with Gasteiger partial charge >= 0.3 is 6.36 Å². The maximum absolute atomic E-state index is 12.2. The molecule has 1 N–H and O–H groups in total. The van der Waals surface area contributed by atoms with Crippen molar-refractivity contribution in [1.82, 2.24) is 0 Å². The lowest BCUT2D eigenvalue weighted by Gasteiger charge is -2.32. The molecule has 0 unspecified atom stereocenters. The average molecular weight is 460 g/mol. The number of ether oxygens (including phenoxy) is 1. The number of anilines is 1. The lowest BCUT2D eigenvalue weighted by molar-refractivity contribution is -0.274. The number of halogens is 3. The first-order valence-electron chi connectivity index (χ1n) is 10.9. The van der Waals surface area contributed by atoms with Gasteiger partial charge in [0.1, 0.15) is 5.75 Å². The van der Waals surface area contributed by atoms with Gasteiger partial charge in [-0.1, -0.05) is 55.4 Å². The van der Waals surface area contributed by atoms with Crippen LogP contribution in [0.5, 0.6) is 5.75 Å². The smallest absolute Gasteiger partial charge is 0.406 e. The van der Waals surface area contributed by atoms with Crippen LogP contribution in [0, 0.1) is 5.41 Å². The van der Waals surface area contributed by atoms with Gasteiger partial charge in [0.2, 0.25) is 5.91 Å². The molecule has 6 heteroatoms. The summed E-state index contributed by atoms with van der Waals surface area (Å²) in [5.74, 6) is -0.714. The van der Waals surface area contributed by atoms with Crippen LogP contribution < -0.4 is 10.1 Å². The third kappa shape index (κ3) is 9.16. The largest absolute Gasteiger partial charge is 0.573 e. The summed E-state index contributed by atoms with van der Waals surface area (Å²) in [5.41, 5.74) is 5.29. The normalized spacial score (nSPS) is 17.7. The van der Waals surface area contributed by atoms with Crippen molar-refractivity contribution >= 4 is 11.6 Å². The van der Waals surface area contributed by atoms with E-state index in [0.717, 1.165) is 29.7 Å². The Hall–Kier alpha value is -3.02. The average Bonchev–Trinajstić information content (AvgIpc) is 2.67. The summed E-state index contributed by atoms with van der Waals surface area (Å²) in [6.07, 6.45) is 10.3. The highest BCUT2D eigenvalue weighted by atomic mass is 19.4. The molecule has 1 aliphatic carbocycles. The molecule has 1 aliphatic rings. The van der Waals surface area contributed by atoms with E-state index >= 15 is 0 Å². The summed E-state index contributed by atoms with van der Waals surface area (Å²) in [5, 5.41) is 2.61. The maximum atomic E-state index is 12.2. The monoisotopic (exact) mass is 459 g/mol. The molecular formula is C27H32F3NO2. The van der Waals surface area contributed by atoms with E-state index in [2.05, 4.69) is 43.0 Å². The molecule has 2 rings (SSSR count). The van der Waals surface area contributed by atoms with Crippen LogP contribution in [0.2, 0.25) is 0 Å². The van der Waals surface area contributed by atoms with E-state index in [1.807, 2.05) is 25.2 Å². The topological polar surface area (TPSA) is 38.3 Å². The Bertz CT molecular complexity index is 991. The van der Waals surface area contributed by atoms with E-state index in [0.29, 0.717) is 5.69 Å². The molecule has 0 radical (unpaired) electrons. The van der Waals surface area contributed by atoms with Crippen LogP contribution in [-0.2, 0) is 4.79 Å². The first-order valence-corrected chi connectivity index (χ1v) is 10.9. The van der Waals surface area contributed by atoms with Crippen molar-refractivity contribution < 1.29 is 22.7 Å². The fourth-order valence-electron chi connectivity index (χ4n) is 3.81. The van der Waals surface area contributed by atoms with Gasteiger partial charge in [0.15, 0.2) is 0 Å². The predicted molar refractivity (Wildman–Crippen MR) is 128 cm³/mol. The van der Waals surface area contributed by atoms with Crippen molar-refractivity contribution in [2.45, 2.75) is 60.2 Å². The Morgan fingerprint density at radius 3 is 2.36 bits per heavy atom. The van der Waals surface area contributed by atoms with Gasteiger partial charge in [-0.3, -0.25) is 4.79 Å². The van der Waals surface area contributed by atoms with Gasteiger partial charge in [-0.25, -0.2) is 0 Å². The van der Waals surface area contributed by atoms with E-state index in [4.69, 9.17) is 0 Å². The Kier molecular flexibility index (Phi) is 8.91. The molecule has 3 nitrogen and oxygen atoms in total. The number of hydrogen-bond donors (Lipinski definition) is 1. The molecule has 1 aromatic carbocycles. The van der Waals surface area contributed by atoms with Crippen molar-refractivity contribution in [3.05, 3.63) is 83.0 Å². The van der Waals surface area contributed by atoms with Crippen LogP contribution in [-0.4, -0.2) is 12.3 Å². The van der Waals surface area contributed by atoms with Crippen LogP contribution in [0.15, 0.2) is 83.0 Å². The first-order chi connectivity index (χ1) is 15.4. The molecule has 0 saturated heterocycles. The van der Waals surface area contributed by atoms with Crippen molar-refractivity contribution in [2.75, 3.05) is 5.32 Å². The fourth-order valence-corrected chi connectivity index (χ4v) is 3.81. The standard InChI is InChI=1S/C27H32F3NO2/c1-19(11-16-24-21(3)10-7-17-26(24,4)5)8-6-9-20(2)18-25(32)31-22-12-14-23(15-13-22)33-27(28,29)30/h6,8-9,11-16,18H,7,10,17H2,1-5H3,(H,31,32)/b9-6+,16-11+,19-8+,20-18+. The van der Waals surface area contributed by atoms with Gasteiger partial charge in [-0.2, -0.15) is 0 Å². The second-order valence-electron chi connectivity index (χ2n) is 8.98. The Labute approximate surface area is 194 Å². The number of nitrogens with one attached hydrogen (secondary N) is 1. The Morgan fingerprint density at radius 1 is 1.09 bits per heavy atom. The lowest BCUT2D eigenvalue weighted by atomic mass is 9.72. The molecular weight excluding hydrogens is 427 g/mol. The zero-order valence-electron chi connectivity index (χ0n) is 19.8. The summed E-state index contributed by atoms with van der Waals surface area (Å²) in [4.78, 5) is 12.1. The minimum absolute atomic E-state index is 0.202. The van der Waals surface area contributed by atoms with Gasteiger partial charge < -0.3 is 10.1 Å². The number of amides is 1. The summed E-state index contributed by atoms with van der Waals surface area (Å²) in [7, 11) is 0. The van der Waals surface area contributed by atoms with Gasteiger partial charge in [-0.05, 0) is 80.9 Å². The molecule has 1 amide bonds. The molecule has 178 valence electrons. The zero-order valence-corrected chi connectivity index (χ0v) is 19.8. The number of hydrogen-bond acceptors (Lipinski definition) is 2. The van der Waals surface area contributed by atoms with Gasteiger partial charge in [0.25, 0.3) is 0 Å². The number of alkyl halides is 3. The third-order valence-corrected chi connectivity index (χ3v) is 5.49. The van der Waals surface area contributed by atoms with Crippen molar-refractivity contribution in [1.29, 1.82) is 0 Å². The highest BCUT2D eigenvalue weighted by molar-refractivity contribution is 6.00. The molecule has 0 spiro atoms. The van der Waals surface area contributed by atoms with E-state index in [-0.39, 0.29) is 17.1 Å². The lowest BCUT2D eigenvalue weighted by Crippen LogP contribution is -2.19. The number of carbonyl (C=O) groups is 1. The molecule has 0 saturated carbocycles. The quantitative estimate of drug-likeness (QED) is 0.331. The Morgan fingerprint density at radius 2 is 1.76 bits per heavy atom. The minimum Gasteiger partial charge on any atom is -0.406 e. The zero-order chi connectivity index (χ0) is 24.6. The SMILES string of the molecule is CC1=C(/C=C/C(C)=C/C=C/C(C)=C/C(=O)Nc2ccc(OC(F)(F)F)cc2)C(C)(C)CCC1. The van der Waals surface area contributed by atoms with Crippen LogP contribution in [0.4, 0.5) is 18.9 Å². The second kappa shape index (κ2) is 11.2. The van der Waals surface area contributed by atoms with Gasteiger partial charge in [0, 0.05) is 11.8 Å².